The van der Waals surface area contributed by atoms with Gasteiger partial charge in [0.15, 0.2) is 5.82 Å². The summed E-state index contributed by atoms with van der Waals surface area (Å²) in [5, 5.41) is 4.59. The molecule has 0 N–H and O–H groups in total. The Morgan fingerprint density at radius 2 is 1.58 bits per heavy atom. The molecule has 0 saturated carbocycles. The van der Waals surface area contributed by atoms with E-state index < -0.39 is 5.60 Å². The number of hydrogen-bond acceptors (Lipinski definition) is 6. The molecule has 1 aliphatic heterocycles. The molecule has 0 unspecified atom stereocenters. The van der Waals surface area contributed by atoms with Gasteiger partial charge in [-0.05, 0) is 62.9 Å². The fraction of sp³-hybridized carbons (Fsp3) is 0.321. The molecule has 0 atom stereocenters. The second-order valence-corrected chi connectivity index (χ2v) is 10.0. The lowest BCUT2D eigenvalue weighted by atomic mass is 10.0. The first-order valence-electron chi connectivity index (χ1n) is 12.2. The van der Waals surface area contributed by atoms with E-state index in [-0.39, 0.29) is 12.1 Å². The van der Waals surface area contributed by atoms with E-state index >= 15 is 0 Å². The smallest absolute Gasteiger partial charge is 0.410 e. The molecule has 4 heterocycles. The van der Waals surface area contributed by atoms with Crippen molar-refractivity contribution in [3.63, 3.8) is 0 Å². The summed E-state index contributed by atoms with van der Waals surface area (Å²) in [4.78, 5) is 27.4. The maximum Gasteiger partial charge on any atom is 0.410 e. The van der Waals surface area contributed by atoms with Crippen LogP contribution < -0.4 is 0 Å². The number of amides is 1. The molecule has 0 radical (unpaired) electrons. The highest BCUT2D eigenvalue weighted by Crippen LogP contribution is 2.28. The van der Waals surface area contributed by atoms with Crippen LogP contribution in [0.25, 0.3) is 33.6 Å². The molecule has 1 aliphatic rings. The van der Waals surface area contributed by atoms with Gasteiger partial charge in [0.05, 0.1) is 12.2 Å². The van der Waals surface area contributed by atoms with Crippen LogP contribution in [0.2, 0.25) is 0 Å². The second kappa shape index (κ2) is 9.89. The Morgan fingerprint density at radius 3 is 2.28 bits per heavy atom. The summed E-state index contributed by atoms with van der Waals surface area (Å²) < 4.78 is 7.49. The Labute approximate surface area is 211 Å². The van der Waals surface area contributed by atoms with Gasteiger partial charge in [-0.2, -0.15) is 5.10 Å². The van der Waals surface area contributed by atoms with Gasteiger partial charge in [-0.25, -0.2) is 14.8 Å². The van der Waals surface area contributed by atoms with Gasteiger partial charge in [-0.1, -0.05) is 18.2 Å². The van der Waals surface area contributed by atoms with Crippen LogP contribution >= 0.6 is 0 Å². The number of aromatic nitrogens is 5. The van der Waals surface area contributed by atoms with Crippen LogP contribution in [0.15, 0.2) is 73.6 Å². The summed E-state index contributed by atoms with van der Waals surface area (Å²) >= 11 is 0. The van der Waals surface area contributed by atoms with Gasteiger partial charge in [-0.3, -0.25) is 9.67 Å². The Hall–Kier alpha value is -4.07. The van der Waals surface area contributed by atoms with E-state index in [4.69, 9.17) is 4.74 Å². The van der Waals surface area contributed by atoms with Crippen molar-refractivity contribution in [3.8, 4) is 33.6 Å². The average Bonchev–Trinajstić information content (AvgIpc) is 3.39. The van der Waals surface area contributed by atoms with E-state index in [0.29, 0.717) is 18.9 Å². The number of likely N-dealkylation sites (tertiary alicyclic amines) is 1. The van der Waals surface area contributed by atoms with Crippen LogP contribution in [0.1, 0.15) is 39.7 Å². The van der Waals surface area contributed by atoms with E-state index in [1.165, 1.54) is 0 Å². The van der Waals surface area contributed by atoms with E-state index in [1.807, 2.05) is 74.5 Å². The third-order valence-electron chi connectivity index (χ3n) is 6.21. The monoisotopic (exact) mass is 482 g/mol. The highest BCUT2D eigenvalue weighted by atomic mass is 16.6. The molecular formula is C28H30N6O2. The Balaban J connectivity index is 1.24. The molecule has 8 nitrogen and oxygen atoms in total. The number of nitrogens with zero attached hydrogens (tertiary/aromatic N) is 6. The molecule has 1 fully saturated rings. The van der Waals surface area contributed by atoms with Crippen molar-refractivity contribution in [2.45, 2.75) is 45.3 Å². The topological polar surface area (TPSA) is 86.0 Å². The van der Waals surface area contributed by atoms with Crippen LogP contribution in [-0.4, -0.2) is 54.4 Å². The van der Waals surface area contributed by atoms with E-state index in [9.17, 15) is 4.79 Å². The number of piperidine rings is 1. The SMILES string of the molecule is CC(C)(C)OC(=O)N1CCC(n2cc(-c3cnc(-c4cccc(-c5ccncc5)c4)nc3)cn2)CC1. The molecule has 184 valence electrons. The van der Waals surface area contributed by atoms with Crippen molar-refractivity contribution in [1.82, 2.24) is 29.6 Å². The van der Waals surface area contributed by atoms with Crippen LogP contribution in [0.4, 0.5) is 4.79 Å². The van der Waals surface area contributed by atoms with Gasteiger partial charge in [0.2, 0.25) is 0 Å². The number of hydrogen-bond donors (Lipinski definition) is 0. The largest absolute Gasteiger partial charge is 0.444 e. The van der Waals surface area contributed by atoms with Gasteiger partial charge < -0.3 is 9.64 Å². The maximum absolute atomic E-state index is 12.3. The fourth-order valence-corrected chi connectivity index (χ4v) is 4.33. The zero-order chi connectivity index (χ0) is 25.1. The minimum absolute atomic E-state index is 0.244. The highest BCUT2D eigenvalue weighted by molar-refractivity contribution is 5.70. The molecule has 8 heteroatoms. The summed E-state index contributed by atoms with van der Waals surface area (Å²) in [6, 6.07) is 12.4. The summed E-state index contributed by atoms with van der Waals surface area (Å²) in [6.07, 6.45) is 12.6. The Morgan fingerprint density at radius 1 is 0.889 bits per heavy atom. The van der Waals surface area contributed by atoms with Crippen LogP contribution in [0.5, 0.6) is 0 Å². The van der Waals surface area contributed by atoms with Crippen molar-refractivity contribution in [3.05, 3.63) is 73.6 Å². The van der Waals surface area contributed by atoms with Crippen molar-refractivity contribution in [2.75, 3.05) is 13.1 Å². The lowest BCUT2D eigenvalue weighted by Gasteiger charge is -2.33. The lowest BCUT2D eigenvalue weighted by molar-refractivity contribution is 0.0185. The normalized spacial score (nSPS) is 14.6. The van der Waals surface area contributed by atoms with Gasteiger partial charge >= 0.3 is 6.09 Å². The number of ether oxygens (including phenoxy) is 1. The first-order chi connectivity index (χ1) is 17.4. The second-order valence-electron chi connectivity index (χ2n) is 10.0. The maximum atomic E-state index is 12.3. The van der Waals surface area contributed by atoms with Gasteiger partial charge in [0.1, 0.15) is 5.60 Å². The van der Waals surface area contributed by atoms with E-state index in [1.54, 1.807) is 17.3 Å². The summed E-state index contributed by atoms with van der Waals surface area (Å²) in [6.45, 7) is 6.98. The first kappa shape index (κ1) is 23.7. The molecule has 0 aliphatic carbocycles. The highest BCUT2D eigenvalue weighted by Gasteiger charge is 2.28. The fourth-order valence-electron chi connectivity index (χ4n) is 4.33. The predicted octanol–water partition coefficient (Wildman–Crippen LogP) is 5.64. The zero-order valence-electron chi connectivity index (χ0n) is 20.8. The molecule has 3 aromatic heterocycles. The van der Waals surface area contributed by atoms with Gasteiger partial charge in [-0.15, -0.1) is 0 Å². The molecule has 1 saturated heterocycles. The van der Waals surface area contributed by atoms with Crippen molar-refractivity contribution >= 4 is 6.09 Å². The summed E-state index contributed by atoms with van der Waals surface area (Å²) in [7, 11) is 0. The quantitative estimate of drug-likeness (QED) is 0.374. The summed E-state index contributed by atoms with van der Waals surface area (Å²) in [5.41, 5.74) is 4.58. The van der Waals surface area contributed by atoms with Crippen LogP contribution in [-0.2, 0) is 4.74 Å². The number of carbonyl (C=O) groups is 1. The molecule has 4 aromatic rings. The Bertz CT molecular complexity index is 1320. The zero-order valence-corrected chi connectivity index (χ0v) is 20.8. The van der Waals surface area contributed by atoms with Crippen molar-refractivity contribution in [2.24, 2.45) is 0 Å². The number of pyridine rings is 1. The third-order valence-corrected chi connectivity index (χ3v) is 6.21. The molecule has 0 spiro atoms. The first-order valence-corrected chi connectivity index (χ1v) is 12.2. The molecule has 0 bridgehead atoms. The average molecular weight is 483 g/mol. The molecule has 5 rings (SSSR count). The van der Waals surface area contributed by atoms with E-state index in [0.717, 1.165) is 40.7 Å². The molecular weight excluding hydrogens is 452 g/mol. The van der Waals surface area contributed by atoms with E-state index in [2.05, 4.69) is 32.2 Å². The van der Waals surface area contributed by atoms with Crippen molar-refractivity contribution < 1.29 is 9.53 Å². The van der Waals surface area contributed by atoms with Gasteiger partial charge in [0.25, 0.3) is 0 Å². The standard InChI is InChI=1S/C28H30N6O2/c1-28(2,3)36-27(35)33-13-9-25(10-14-33)34-19-24(18-32-34)23-16-30-26(31-17-23)22-6-4-5-21(15-22)20-7-11-29-12-8-20/h4-8,11-12,15-19,25H,9-10,13-14H2,1-3H3. The predicted molar refractivity (Wildman–Crippen MR) is 138 cm³/mol. The number of benzene rings is 1. The third kappa shape index (κ3) is 5.43. The molecule has 1 amide bonds. The van der Waals surface area contributed by atoms with Crippen LogP contribution in [0.3, 0.4) is 0 Å². The lowest BCUT2D eigenvalue weighted by Crippen LogP contribution is -2.42. The van der Waals surface area contributed by atoms with Crippen molar-refractivity contribution in [1.29, 1.82) is 0 Å². The van der Waals surface area contributed by atoms with Crippen LogP contribution in [0, 0.1) is 0 Å². The van der Waals surface area contributed by atoms with Gasteiger partial charge in [0, 0.05) is 60.8 Å². The summed E-state index contributed by atoms with van der Waals surface area (Å²) in [5.74, 6) is 0.677. The molecule has 36 heavy (non-hydrogen) atoms. The minimum atomic E-state index is -0.481. The number of rotatable bonds is 4. The minimum Gasteiger partial charge on any atom is -0.444 e. The number of carbonyl (C=O) groups excluding carboxylic acids is 1. The molecule has 1 aromatic carbocycles. The Kier molecular flexibility index (Phi) is 6.50.